The van der Waals surface area contributed by atoms with Crippen molar-refractivity contribution in [3.8, 4) is 0 Å². The maximum atomic E-state index is 12.8. The highest BCUT2D eigenvalue weighted by atomic mass is 16.6. The number of unbranched alkanes of at least 4 members (excludes halogenated alkanes) is 10. The van der Waals surface area contributed by atoms with E-state index in [0.29, 0.717) is 26.1 Å². The van der Waals surface area contributed by atoms with Crippen LogP contribution in [-0.4, -0.2) is 25.2 Å². The molecule has 0 fully saturated rings. The Labute approximate surface area is 199 Å². The lowest BCUT2D eigenvalue weighted by molar-refractivity contribution is -0.174. The molecule has 0 aliphatic rings. The summed E-state index contributed by atoms with van der Waals surface area (Å²) in [6, 6.07) is 0. The number of hydrogen-bond donors (Lipinski definition) is 0. The molecule has 0 saturated carbocycles. The Morgan fingerprint density at radius 3 is 1.56 bits per heavy atom. The van der Waals surface area contributed by atoms with Crippen molar-refractivity contribution in [1.29, 1.82) is 0 Å². The van der Waals surface area contributed by atoms with Crippen molar-refractivity contribution in [1.82, 2.24) is 0 Å². The maximum Gasteiger partial charge on any atom is 0.323 e. The highest BCUT2D eigenvalue weighted by Gasteiger charge is 2.46. The predicted molar refractivity (Wildman–Crippen MR) is 135 cm³/mol. The molecular formula is C28H54O4. The zero-order valence-corrected chi connectivity index (χ0v) is 22.5. The van der Waals surface area contributed by atoms with E-state index in [4.69, 9.17) is 9.47 Å². The highest BCUT2D eigenvalue weighted by molar-refractivity contribution is 6.00. The minimum Gasteiger partial charge on any atom is -0.465 e. The number of carbonyl (C=O) groups is 2. The summed E-state index contributed by atoms with van der Waals surface area (Å²) in [5, 5.41) is 0. The van der Waals surface area contributed by atoms with E-state index in [-0.39, 0.29) is 11.3 Å². The average molecular weight is 455 g/mol. The fourth-order valence-corrected chi connectivity index (χ4v) is 4.44. The van der Waals surface area contributed by atoms with E-state index in [1.54, 1.807) is 0 Å². The molecule has 0 aliphatic heterocycles. The van der Waals surface area contributed by atoms with E-state index in [9.17, 15) is 9.59 Å². The second-order valence-electron chi connectivity index (χ2n) is 10.9. The smallest absolute Gasteiger partial charge is 0.323 e. The molecular weight excluding hydrogens is 400 g/mol. The van der Waals surface area contributed by atoms with Crippen LogP contribution in [0.4, 0.5) is 0 Å². The molecule has 0 aromatic rings. The van der Waals surface area contributed by atoms with Gasteiger partial charge in [-0.1, -0.05) is 113 Å². The van der Waals surface area contributed by atoms with Gasteiger partial charge in [-0.05, 0) is 37.0 Å². The molecule has 0 radical (unpaired) electrons. The van der Waals surface area contributed by atoms with Gasteiger partial charge in [0.05, 0.1) is 13.2 Å². The Morgan fingerprint density at radius 2 is 1.12 bits per heavy atom. The zero-order chi connectivity index (χ0) is 24.5. The molecule has 0 aromatic carbocycles. The van der Waals surface area contributed by atoms with Gasteiger partial charge in [-0.25, -0.2) is 0 Å². The molecule has 0 N–H and O–H groups in total. The number of hydrogen-bond acceptors (Lipinski definition) is 4. The van der Waals surface area contributed by atoms with E-state index >= 15 is 0 Å². The fraction of sp³-hybridized carbons (Fsp3) is 0.929. The molecule has 0 rings (SSSR count). The second kappa shape index (κ2) is 17.4. The van der Waals surface area contributed by atoms with Gasteiger partial charge in [-0.2, -0.15) is 0 Å². The van der Waals surface area contributed by atoms with Gasteiger partial charge >= 0.3 is 11.9 Å². The van der Waals surface area contributed by atoms with Crippen LogP contribution in [0.5, 0.6) is 0 Å². The molecule has 32 heavy (non-hydrogen) atoms. The molecule has 0 amide bonds. The van der Waals surface area contributed by atoms with Crippen molar-refractivity contribution in [3.05, 3.63) is 0 Å². The lowest BCUT2D eigenvalue weighted by Gasteiger charge is -2.28. The molecule has 0 aliphatic carbocycles. The Kier molecular flexibility index (Phi) is 16.8. The number of ether oxygens (including phenoxy) is 2. The van der Waals surface area contributed by atoms with E-state index < -0.39 is 17.4 Å². The van der Waals surface area contributed by atoms with Gasteiger partial charge in [0.2, 0.25) is 0 Å². The summed E-state index contributed by atoms with van der Waals surface area (Å²) in [6.45, 7) is 15.4. The van der Waals surface area contributed by atoms with Crippen LogP contribution in [0.15, 0.2) is 0 Å². The van der Waals surface area contributed by atoms with Crippen molar-refractivity contribution in [3.63, 3.8) is 0 Å². The SMILES string of the molecule is CCCCCCCCCCCCCOC(=O)C(CC)(CC)C(=O)OCC(C)CC(C)(C)C. The summed E-state index contributed by atoms with van der Waals surface area (Å²) >= 11 is 0. The van der Waals surface area contributed by atoms with Crippen LogP contribution in [0.1, 0.15) is 138 Å². The van der Waals surface area contributed by atoms with Crippen LogP contribution in [0.3, 0.4) is 0 Å². The van der Waals surface area contributed by atoms with E-state index in [1.807, 2.05) is 13.8 Å². The number of rotatable bonds is 19. The molecule has 0 spiro atoms. The molecule has 4 heteroatoms. The third kappa shape index (κ3) is 13.5. The summed E-state index contributed by atoms with van der Waals surface area (Å²) in [5.41, 5.74) is -0.981. The quantitative estimate of drug-likeness (QED) is 0.112. The van der Waals surface area contributed by atoms with Gasteiger partial charge in [-0.3, -0.25) is 9.59 Å². The lowest BCUT2D eigenvalue weighted by atomic mass is 9.82. The van der Waals surface area contributed by atoms with E-state index in [0.717, 1.165) is 19.3 Å². The van der Waals surface area contributed by atoms with Crippen molar-refractivity contribution < 1.29 is 19.1 Å². The Balaban J connectivity index is 4.19. The summed E-state index contributed by atoms with van der Waals surface area (Å²) in [7, 11) is 0. The van der Waals surface area contributed by atoms with Crippen LogP contribution in [-0.2, 0) is 19.1 Å². The standard InChI is InChI=1S/C28H54O4/c1-8-11-12-13-14-15-16-17-18-19-20-21-31-25(29)28(9-2,10-3)26(30)32-23-24(4)22-27(5,6)7/h24H,8-23H2,1-7H3. The van der Waals surface area contributed by atoms with Gasteiger partial charge < -0.3 is 9.47 Å². The summed E-state index contributed by atoms with van der Waals surface area (Å²) < 4.78 is 11.1. The van der Waals surface area contributed by atoms with Crippen molar-refractivity contribution in [2.45, 2.75) is 138 Å². The first-order valence-electron chi connectivity index (χ1n) is 13.5. The molecule has 4 nitrogen and oxygen atoms in total. The lowest BCUT2D eigenvalue weighted by Crippen LogP contribution is -2.41. The van der Waals surface area contributed by atoms with Crippen molar-refractivity contribution in [2.24, 2.45) is 16.7 Å². The van der Waals surface area contributed by atoms with Crippen LogP contribution < -0.4 is 0 Å². The van der Waals surface area contributed by atoms with Gasteiger partial charge in [0.25, 0.3) is 0 Å². The highest BCUT2D eigenvalue weighted by Crippen LogP contribution is 2.31. The van der Waals surface area contributed by atoms with Crippen molar-refractivity contribution in [2.75, 3.05) is 13.2 Å². The molecule has 0 bridgehead atoms. The van der Waals surface area contributed by atoms with Gasteiger partial charge in [0.1, 0.15) is 0 Å². The Hall–Kier alpha value is -1.06. The molecule has 1 unspecified atom stereocenters. The summed E-state index contributed by atoms with van der Waals surface area (Å²) in [4.78, 5) is 25.6. The predicted octanol–water partition coefficient (Wildman–Crippen LogP) is 8.26. The third-order valence-corrected chi connectivity index (χ3v) is 6.43. The third-order valence-electron chi connectivity index (χ3n) is 6.43. The van der Waals surface area contributed by atoms with Crippen molar-refractivity contribution >= 4 is 11.9 Å². The van der Waals surface area contributed by atoms with Gasteiger partial charge in [-0.15, -0.1) is 0 Å². The molecule has 0 saturated heterocycles. The van der Waals surface area contributed by atoms with Crippen LogP contribution in [0.2, 0.25) is 0 Å². The summed E-state index contributed by atoms with van der Waals surface area (Å²) in [5.74, 6) is -0.576. The maximum absolute atomic E-state index is 12.8. The van der Waals surface area contributed by atoms with E-state index in [1.165, 1.54) is 57.8 Å². The molecule has 1 atom stereocenters. The van der Waals surface area contributed by atoms with Crippen LogP contribution >= 0.6 is 0 Å². The Morgan fingerprint density at radius 1 is 0.688 bits per heavy atom. The number of carbonyl (C=O) groups excluding carboxylic acids is 2. The Bertz CT molecular complexity index is 488. The molecule has 190 valence electrons. The monoisotopic (exact) mass is 454 g/mol. The number of esters is 2. The van der Waals surface area contributed by atoms with Crippen LogP contribution in [0, 0.1) is 16.7 Å². The summed E-state index contributed by atoms with van der Waals surface area (Å²) in [6.07, 6.45) is 15.6. The minimum atomic E-state index is -1.17. The first kappa shape index (κ1) is 30.9. The van der Waals surface area contributed by atoms with E-state index in [2.05, 4.69) is 34.6 Å². The minimum absolute atomic E-state index is 0.186. The normalized spacial score (nSPS) is 13.1. The molecule has 0 aromatic heterocycles. The van der Waals surface area contributed by atoms with Crippen LogP contribution in [0.25, 0.3) is 0 Å². The largest absolute Gasteiger partial charge is 0.465 e. The van der Waals surface area contributed by atoms with Gasteiger partial charge in [0, 0.05) is 0 Å². The average Bonchev–Trinajstić information content (AvgIpc) is 2.73. The first-order valence-corrected chi connectivity index (χ1v) is 13.5. The second-order valence-corrected chi connectivity index (χ2v) is 10.9. The molecule has 0 heterocycles. The van der Waals surface area contributed by atoms with Gasteiger partial charge in [0.15, 0.2) is 5.41 Å². The fourth-order valence-electron chi connectivity index (χ4n) is 4.44. The topological polar surface area (TPSA) is 52.6 Å². The zero-order valence-electron chi connectivity index (χ0n) is 22.5. The first-order chi connectivity index (χ1) is 15.1.